The Hall–Kier alpha value is -4.25. The van der Waals surface area contributed by atoms with E-state index in [4.69, 9.17) is 0 Å². The van der Waals surface area contributed by atoms with Gasteiger partial charge in [0.25, 0.3) is 16.9 Å². The number of carbonyl (C=O) groups is 4. The highest BCUT2D eigenvalue weighted by atomic mass is 32.2. The van der Waals surface area contributed by atoms with Crippen LogP contribution in [0.3, 0.4) is 0 Å². The van der Waals surface area contributed by atoms with Crippen LogP contribution in [-0.4, -0.2) is 59.2 Å². The minimum absolute atomic E-state index is 0.0170. The van der Waals surface area contributed by atoms with E-state index < -0.39 is 22.8 Å². The van der Waals surface area contributed by atoms with Gasteiger partial charge in [-0.1, -0.05) is 42.1 Å². The van der Waals surface area contributed by atoms with Crippen molar-refractivity contribution in [2.45, 2.75) is 0 Å². The number of aryl methyl sites for hydroxylation is 1. The number of carbonyl (C=O) groups excluding carboxylic acids is 4. The lowest BCUT2D eigenvalue weighted by molar-refractivity contribution is -0.138. The SMILES string of the molecule is Cn1ncc(C(=O)N2CCSC(=O)C2=O)c1C(=O)Nc1ccn2cc(-c3ccccc3)nc2c1. The van der Waals surface area contributed by atoms with E-state index in [0.717, 1.165) is 27.9 Å². The molecule has 0 saturated carbocycles. The second-order valence-electron chi connectivity index (χ2n) is 7.56. The first-order valence-electron chi connectivity index (χ1n) is 10.3. The number of hydrogen-bond acceptors (Lipinski definition) is 7. The molecular formula is C23H18N6O4S. The lowest BCUT2D eigenvalue weighted by Gasteiger charge is -2.23. The largest absolute Gasteiger partial charge is 0.320 e. The number of amides is 3. The van der Waals surface area contributed by atoms with Gasteiger partial charge in [0.2, 0.25) is 0 Å². The summed E-state index contributed by atoms with van der Waals surface area (Å²) in [5.74, 6) is -1.89. The highest BCUT2D eigenvalue weighted by Gasteiger charge is 2.35. The zero-order valence-corrected chi connectivity index (χ0v) is 18.8. The van der Waals surface area contributed by atoms with Crippen molar-refractivity contribution < 1.29 is 19.2 Å². The molecule has 170 valence electrons. The van der Waals surface area contributed by atoms with Crippen LogP contribution in [-0.2, 0) is 16.6 Å². The Morgan fingerprint density at radius 2 is 1.91 bits per heavy atom. The molecule has 4 heterocycles. The Bertz CT molecular complexity index is 1460. The van der Waals surface area contributed by atoms with E-state index in [1.807, 2.05) is 40.9 Å². The number of fused-ring (bicyclic) bond motifs is 1. The quantitative estimate of drug-likeness (QED) is 0.356. The zero-order valence-electron chi connectivity index (χ0n) is 18.0. The average molecular weight is 475 g/mol. The van der Waals surface area contributed by atoms with E-state index in [0.29, 0.717) is 17.1 Å². The third-order valence-electron chi connectivity index (χ3n) is 5.38. The molecule has 1 aromatic carbocycles. The van der Waals surface area contributed by atoms with Crippen LogP contribution >= 0.6 is 11.8 Å². The molecule has 0 atom stereocenters. The predicted octanol–water partition coefficient (Wildman–Crippen LogP) is 2.23. The van der Waals surface area contributed by atoms with Crippen LogP contribution in [0.1, 0.15) is 20.8 Å². The fraction of sp³-hybridized carbons (Fsp3) is 0.130. The third kappa shape index (κ3) is 3.86. The first kappa shape index (κ1) is 21.6. The maximum Gasteiger partial charge on any atom is 0.308 e. The molecule has 0 aliphatic carbocycles. The van der Waals surface area contributed by atoms with Crippen LogP contribution in [0.4, 0.5) is 5.69 Å². The topological polar surface area (TPSA) is 119 Å². The van der Waals surface area contributed by atoms with Crippen molar-refractivity contribution in [3.63, 3.8) is 0 Å². The first-order valence-corrected chi connectivity index (χ1v) is 11.3. The minimum atomic E-state index is -0.893. The molecule has 0 bridgehead atoms. The van der Waals surface area contributed by atoms with Crippen LogP contribution in [0.2, 0.25) is 0 Å². The molecule has 4 aromatic rings. The van der Waals surface area contributed by atoms with Gasteiger partial charge in [0.15, 0.2) is 0 Å². The fourth-order valence-electron chi connectivity index (χ4n) is 3.70. The summed E-state index contributed by atoms with van der Waals surface area (Å²) in [5.41, 5.74) is 2.80. The molecule has 3 amide bonds. The van der Waals surface area contributed by atoms with E-state index in [1.165, 1.54) is 17.9 Å². The van der Waals surface area contributed by atoms with Gasteiger partial charge in [-0.15, -0.1) is 0 Å². The van der Waals surface area contributed by atoms with Crippen LogP contribution in [0.25, 0.3) is 16.9 Å². The van der Waals surface area contributed by atoms with Gasteiger partial charge >= 0.3 is 5.91 Å². The van der Waals surface area contributed by atoms with Gasteiger partial charge in [-0.3, -0.25) is 28.8 Å². The summed E-state index contributed by atoms with van der Waals surface area (Å²) in [5, 5.41) is 6.08. The average Bonchev–Trinajstić information content (AvgIpc) is 3.44. The number of pyridine rings is 1. The van der Waals surface area contributed by atoms with Gasteiger partial charge in [0, 0.05) is 49.1 Å². The van der Waals surface area contributed by atoms with E-state index in [9.17, 15) is 19.2 Å². The Balaban J connectivity index is 1.40. The van der Waals surface area contributed by atoms with Crippen LogP contribution in [0, 0.1) is 0 Å². The number of imide groups is 1. The van der Waals surface area contributed by atoms with E-state index in [1.54, 1.807) is 18.3 Å². The zero-order chi connectivity index (χ0) is 23.8. The number of imidazole rings is 1. The molecule has 1 N–H and O–H groups in total. The maximum absolute atomic E-state index is 13.1. The third-order valence-corrected chi connectivity index (χ3v) is 6.21. The number of benzene rings is 1. The smallest absolute Gasteiger partial charge is 0.308 e. The molecule has 0 spiro atoms. The standard InChI is InChI=1S/C23H18N6O4S/c1-27-19(16(12-24-27)21(31)29-9-10-34-23(33)22(29)32)20(30)25-15-7-8-28-13-17(26-18(28)11-15)14-5-3-2-4-6-14/h2-8,11-13H,9-10H2,1H3,(H,25,30). The van der Waals surface area contributed by atoms with Crippen molar-refractivity contribution in [2.75, 3.05) is 17.6 Å². The highest BCUT2D eigenvalue weighted by Crippen LogP contribution is 2.22. The molecule has 34 heavy (non-hydrogen) atoms. The molecule has 10 nitrogen and oxygen atoms in total. The number of nitrogens with one attached hydrogen (secondary N) is 1. The van der Waals surface area contributed by atoms with Crippen molar-refractivity contribution in [3.05, 3.63) is 72.3 Å². The van der Waals surface area contributed by atoms with Crippen LogP contribution in [0.15, 0.2) is 61.1 Å². The molecule has 11 heteroatoms. The van der Waals surface area contributed by atoms with Gasteiger partial charge in [0.05, 0.1) is 17.5 Å². The molecule has 1 aliphatic rings. The summed E-state index contributed by atoms with van der Waals surface area (Å²) in [6.07, 6.45) is 4.89. The van der Waals surface area contributed by atoms with Crippen LogP contribution in [0.5, 0.6) is 0 Å². The van der Waals surface area contributed by atoms with Crippen molar-refractivity contribution in [2.24, 2.45) is 7.05 Å². The van der Waals surface area contributed by atoms with E-state index >= 15 is 0 Å². The van der Waals surface area contributed by atoms with E-state index in [-0.39, 0.29) is 17.8 Å². The van der Waals surface area contributed by atoms with Crippen LogP contribution < -0.4 is 5.32 Å². The lowest BCUT2D eigenvalue weighted by atomic mass is 10.2. The molecule has 1 saturated heterocycles. The van der Waals surface area contributed by atoms with Gasteiger partial charge in [-0.05, 0) is 6.07 Å². The second-order valence-corrected chi connectivity index (χ2v) is 8.62. The predicted molar refractivity (Wildman–Crippen MR) is 125 cm³/mol. The van der Waals surface area contributed by atoms with Gasteiger partial charge in [0.1, 0.15) is 11.3 Å². The van der Waals surface area contributed by atoms with Gasteiger partial charge < -0.3 is 9.72 Å². The number of anilines is 1. The van der Waals surface area contributed by atoms with Crippen molar-refractivity contribution >= 4 is 45.9 Å². The summed E-state index contributed by atoms with van der Waals surface area (Å²) in [7, 11) is 1.52. The number of nitrogens with zero attached hydrogens (tertiary/aromatic N) is 5. The normalized spacial score (nSPS) is 14.0. The monoisotopic (exact) mass is 474 g/mol. The lowest BCUT2D eigenvalue weighted by Crippen LogP contribution is -2.45. The molecular weight excluding hydrogens is 456 g/mol. The number of thioether (sulfide) groups is 1. The Morgan fingerprint density at radius 3 is 2.71 bits per heavy atom. The molecule has 5 rings (SSSR count). The summed E-state index contributed by atoms with van der Waals surface area (Å²) >= 11 is 0.871. The Kier molecular flexibility index (Phi) is 5.46. The Labute approximate surface area is 197 Å². The number of aromatic nitrogens is 4. The Morgan fingerprint density at radius 1 is 1.12 bits per heavy atom. The maximum atomic E-state index is 13.1. The molecule has 0 unspecified atom stereocenters. The van der Waals surface area contributed by atoms with Crippen molar-refractivity contribution in [3.8, 4) is 11.3 Å². The summed E-state index contributed by atoms with van der Waals surface area (Å²) < 4.78 is 3.10. The summed E-state index contributed by atoms with van der Waals surface area (Å²) in [6, 6.07) is 13.2. The van der Waals surface area contributed by atoms with Gasteiger partial charge in [-0.2, -0.15) is 5.10 Å². The van der Waals surface area contributed by atoms with E-state index in [2.05, 4.69) is 15.4 Å². The molecule has 1 fully saturated rings. The van der Waals surface area contributed by atoms with Crippen molar-refractivity contribution in [1.82, 2.24) is 24.1 Å². The van der Waals surface area contributed by atoms with Crippen molar-refractivity contribution in [1.29, 1.82) is 0 Å². The second kappa shape index (κ2) is 8.60. The summed E-state index contributed by atoms with van der Waals surface area (Å²) in [4.78, 5) is 55.4. The molecule has 1 aliphatic heterocycles. The molecule has 3 aromatic heterocycles. The first-order chi connectivity index (χ1) is 16.4. The molecule has 0 radical (unpaired) electrons. The highest BCUT2D eigenvalue weighted by molar-refractivity contribution is 8.15. The minimum Gasteiger partial charge on any atom is -0.320 e. The summed E-state index contributed by atoms with van der Waals surface area (Å²) in [6.45, 7) is 0.0876. The van der Waals surface area contributed by atoms with Gasteiger partial charge in [-0.25, -0.2) is 4.98 Å². The number of hydrogen-bond donors (Lipinski definition) is 1. The fourth-order valence-corrected chi connectivity index (χ4v) is 4.40. The number of rotatable bonds is 4.